The second-order valence-electron chi connectivity index (χ2n) is 3.00. The van der Waals surface area contributed by atoms with Gasteiger partial charge >= 0.3 is 11.9 Å². The molecule has 0 atom stereocenters. The van der Waals surface area contributed by atoms with E-state index >= 15 is 0 Å². The predicted octanol–water partition coefficient (Wildman–Crippen LogP) is 2.65. The highest BCUT2D eigenvalue weighted by atomic mass is 19.3. The second kappa shape index (κ2) is 5.80. The Balaban J connectivity index is 0. The monoisotopic (exact) mass is 201 g/mol. The van der Waals surface area contributed by atoms with Crippen molar-refractivity contribution < 1.29 is 23.0 Å². The minimum atomic E-state index is -3.70. The minimum Gasteiger partial charge on any atom is -0.344 e. The third-order valence-electron chi connectivity index (χ3n) is 1.40. The lowest BCUT2D eigenvalue weighted by molar-refractivity contribution is -0.212. The Labute approximate surface area is 74.7 Å². The predicted molar refractivity (Wildman–Crippen MR) is 41.2 cm³/mol. The third kappa shape index (κ3) is 5.46. The zero-order valence-corrected chi connectivity index (χ0v) is 7.65. The van der Waals surface area contributed by atoms with Crippen LogP contribution in [0.4, 0.5) is 13.3 Å². The Morgan fingerprint density at radius 2 is 1.92 bits per heavy atom. The van der Waals surface area contributed by atoms with Gasteiger partial charge in [-0.1, -0.05) is 13.8 Å². The molecular weight excluding hydrogens is 187 g/mol. The van der Waals surface area contributed by atoms with Crippen LogP contribution in [-0.4, -0.2) is 11.9 Å². The lowest BCUT2D eigenvalue weighted by Crippen LogP contribution is -2.29. The van der Waals surface area contributed by atoms with Crippen LogP contribution in [0.15, 0.2) is 0 Å². The number of hydrogen-bond donors (Lipinski definition) is 1. The topological polar surface area (TPSA) is 61.3 Å². The van der Waals surface area contributed by atoms with Crippen molar-refractivity contribution in [2.24, 2.45) is 5.92 Å². The van der Waals surface area contributed by atoms with Crippen molar-refractivity contribution in [1.82, 2.24) is 6.15 Å². The standard InChI is InChI=1S/C7H11F3O2.H3N/c1-5(2)3-4-7(8,9)6(11)12-10;/h5H,3-4H2,1-2H3;1H3. The SMILES string of the molecule is CC(C)CCC(F)(F)C(=O)OF.N. The van der Waals surface area contributed by atoms with Gasteiger partial charge in [-0.05, 0) is 12.3 Å². The van der Waals surface area contributed by atoms with Crippen molar-refractivity contribution in [2.75, 3.05) is 0 Å². The van der Waals surface area contributed by atoms with E-state index in [9.17, 15) is 18.1 Å². The summed E-state index contributed by atoms with van der Waals surface area (Å²) in [5.41, 5.74) is 0. The molecule has 0 aromatic rings. The van der Waals surface area contributed by atoms with Crippen molar-refractivity contribution in [1.29, 1.82) is 0 Å². The summed E-state index contributed by atoms with van der Waals surface area (Å²) < 4.78 is 36.0. The van der Waals surface area contributed by atoms with Gasteiger partial charge in [-0.3, -0.25) is 0 Å². The van der Waals surface area contributed by atoms with E-state index in [0.29, 0.717) is 0 Å². The van der Waals surface area contributed by atoms with Gasteiger partial charge in [0.2, 0.25) is 0 Å². The summed E-state index contributed by atoms with van der Waals surface area (Å²) in [6, 6.07) is 0. The molecule has 0 fully saturated rings. The Morgan fingerprint density at radius 3 is 2.23 bits per heavy atom. The van der Waals surface area contributed by atoms with E-state index in [-0.39, 0.29) is 18.5 Å². The summed E-state index contributed by atoms with van der Waals surface area (Å²) in [6.07, 6.45) is -0.518. The molecule has 0 aromatic carbocycles. The molecule has 80 valence electrons. The number of halogens is 3. The molecule has 0 aliphatic heterocycles. The van der Waals surface area contributed by atoms with Crippen LogP contribution in [0.3, 0.4) is 0 Å². The summed E-state index contributed by atoms with van der Waals surface area (Å²) in [5, 5.41) is 0. The average Bonchev–Trinajstić information content (AvgIpc) is 1.99. The highest BCUT2D eigenvalue weighted by Gasteiger charge is 2.41. The second-order valence-corrected chi connectivity index (χ2v) is 3.00. The molecule has 0 unspecified atom stereocenters. The summed E-state index contributed by atoms with van der Waals surface area (Å²) in [5.74, 6) is -5.76. The lowest BCUT2D eigenvalue weighted by Gasteiger charge is -2.12. The molecule has 0 spiro atoms. The molecule has 0 saturated carbocycles. The molecule has 3 N–H and O–H groups in total. The first kappa shape index (κ1) is 14.7. The summed E-state index contributed by atoms with van der Waals surface area (Å²) in [4.78, 5) is 12.6. The highest BCUT2D eigenvalue weighted by molar-refractivity contribution is 5.76. The molecule has 0 aliphatic rings. The average molecular weight is 201 g/mol. The van der Waals surface area contributed by atoms with Crippen molar-refractivity contribution in [2.45, 2.75) is 32.6 Å². The highest BCUT2D eigenvalue weighted by Crippen LogP contribution is 2.24. The number of carbonyl (C=O) groups excluding carboxylic acids is 1. The van der Waals surface area contributed by atoms with Gasteiger partial charge < -0.3 is 6.15 Å². The maximum atomic E-state index is 12.5. The van der Waals surface area contributed by atoms with Crippen LogP contribution in [0.25, 0.3) is 0 Å². The van der Waals surface area contributed by atoms with Gasteiger partial charge in [-0.25, -0.2) is 9.74 Å². The van der Waals surface area contributed by atoms with E-state index < -0.39 is 18.3 Å². The summed E-state index contributed by atoms with van der Waals surface area (Å²) >= 11 is 0. The fraction of sp³-hybridized carbons (Fsp3) is 0.857. The number of rotatable bonds is 4. The molecular formula is C7H14F3NO2. The molecule has 0 amide bonds. The third-order valence-corrected chi connectivity index (χ3v) is 1.40. The van der Waals surface area contributed by atoms with Crippen molar-refractivity contribution >= 4 is 5.97 Å². The fourth-order valence-corrected chi connectivity index (χ4v) is 0.628. The Morgan fingerprint density at radius 1 is 1.46 bits per heavy atom. The first-order chi connectivity index (χ1) is 5.40. The number of alkyl halides is 2. The molecule has 0 rings (SSSR count). The minimum absolute atomic E-state index is 0. The van der Waals surface area contributed by atoms with Crippen LogP contribution in [0, 0.1) is 5.92 Å². The van der Waals surface area contributed by atoms with Crippen LogP contribution in [0.1, 0.15) is 26.7 Å². The lowest BCUT2D eigenvalue weighted by atomic mass is 10.0. The van der Waals surface area contributed by atoms with Crippen molar-refractivity contribution in [3.05, 3.63) is 0 Å². The van der Waals surface area contributed by atoms with Gasteiger partial charge in [0.1, 0.15) is 0 Å². The smallest absolute Gasteiger partial charge is 0.344 e. The van der Waals surface area contributed by atoms with Crippen molar-refractivity contribution in [3.63, 3.8) is 0 Å². The number of carbonyl (C=O) groups is 1. The van der Waals surface area contributed by atoms with E-state index in [4.69, 9.17) is 0 Å². The molecule has 0 radical (unpaired) electrons. The quantitative estimate of drug-likeness (QED) is 0.760. The zero-order chi connectivity index (χ0) is 9.78. The molecule has 0 aliphatic carbocycles. The summed E-state index contributed by atoms with van der Waals surface area (Å²) in [6.45, 7) is 3.47. The van der Waals surface area contributed by atoms with Gasteiger partial charge in [0.25, 0.3) is 0 Å². The van der Waals surface area contributed by atoms with E-state index in [1.54, 1.807) is 13.8 Å². The first-order valence-corrected chi connectivity index (χ1v) is 3.61. The maximum Gasteiger partial charge on any atom is 0.417 e. The Hall–Kier alpha value is -0.780. The van der Waals surface area contributed by atoms with E-state index in [1.165, 1.54) is 0 Å². The molecule has 6 heteroatoms. The zero-order valence-electron chi connectivity index (χ0n) is 7.65. The van der Waals surface area contributed by atoms with Gasteiger partial charge in [0, 0.05) is 10.9 Å². The first-order valence-electron chi connectivity index (χ1n) is 3.61. The largest absolute Gasteiger partial charge is 0.417 e. The van der Waals surface area contributed by atoms with E-state index in [2.05, 4.69) is 4.94 Å². The molecule has 0 saturated heterocycles. The fourth-order valence-electron chi connectivity index (χ4n) is 0.628. The van der Waals surface area contributed by atoms with Crippen LogP contribution in [0.2, 0.25) is 0 Å². The molecule has 3 nitrogen and oxygen atoms in total. The van der Waals surface area contributed by atoms with Crippen LogP contribution in [-0.2, 0) is 9.74 Å². The molecule has 0 bridgehead atoms. The van der Waals surface area contributed by atoms with Crippen LogP contribution < -0.4 is 6.15 Å². The van der Waals surface area contributed by atoms with E-state index in [1.807, 2.05) is 0 Å². The van der Waals surface area contributed by atoms with Gasteiger partial charge in [-0.15, -0.1) is 0 Å². The maximum absolute atomic E-state index is 12.5. The van der Waals surface area contributed by atoms with Crippen LogP contribution in [0.5, 0.6) is 0 Å². The van der Waals surface area contributed by atoms with Crippen molar-refractivity contribution in [3.8, 4) is 0 Å². The van der Waals surface area contributed by atoms with Gasteiger partial charge in [0.15, 0.2) is 0 Å². The normalized spacial score (nSPS) is 10.9. The molecule has 13 heavy (non-hydrogen) atoms. The Kier molecular flexibility index (Phi) is 6.57. The number of hydrogen-bond acceptors (Lipinski definition) is 3. The molecule has 0 aromatic heterocycles. The summed E-state index contributed by atoms with van der Waals surface area (Å²) in [7, 11) is 0. The van der Waals surface area contributed by atoms with Crippen LogP contribution >= 0.6 is 0 Å². The van der Waals surface area contributed by atoms with Gasteiger partial charge in [-0.2, -0.15) is 8.78 Å². The van der Waals surface area contributed by atoms with Gasteiger partial charge in [0.05, 0.1) is 0 Å². The van der Waals surface area contributed by atoms with E-state index in [0.717, 1.165) is 0 Å². The molecule has 0 heterocycles. The Bertz CT molecular complexity index is 162.